The van der Waals surface area contributed by atoms with E-state index >= 15 is 0 Å². The normalized spacial score (nSPS) is 10.2. The van der Waals surface area contributed by atoms with E-state index in [0.29, 0.717) is 6.54 Å². The van der Waals surface area contributed by atoms with Gasteiger partial charge in [0.15, 0.2) is 0 Å². The summed E-state index contributed by atoms with van der Waals surface area (Å²) in [6, 6.07) is 8.00. The highest BCUT2D eigenvalue weighted by molar-refractivity contribution is 9.10. The molecule has 0 aliphatic heterocycles. The molecule has 0 atom stereocenters. The summed E-state index contributed by atoms with van der Waals surface area (Å²) in [5, 5.41) is 3.29. The molecule has 0 saturated carbocycles. The molecule has 0 aromatic carbocycles. The Morgan fingerprint density at radius 3 is 2.83 bits per heavy atom. The molecule has 0 spiro atoms. The topological polar surface area (TPSA) is 41.0 Å². The van der Waals surface area contributed by atoms with E-state index in [2.05, 4.69) is 31.2 Å². The summed E-state index contributed by atoms with van der Waals surface area (Å²) in [6.45, 7) is 0.680. The van der Waals surface area contributed by atoms with Crippen molar-refractivity contribution in [2.75, 3.05) is 24.3 Å². The van der Waals surface area contributed by atoms with Gasteiger partial charge in [-0.05, 0) is 34.1 Å². The Bertz CT molecular complexity index is 528. The molecule has 4 nitrogen and oxygen atoms in total. The van der Waals surface area contributed by atoms with Crippen LogP contribution in [-0.2, 0) is 6.54 Å². The summed E-state index contributed by atoms with van der Waals surface area (Å²) in [7, 11) is 3.97. The molecule has 0 radical (unpaired) electrons. The van der Waals surface area contributed by atoms with Crippen LogP contribution in [0.5, 0.6) is 0 Å². The van der Waals surface area contributed by atoms with Gasteiger partial charge in [0.25, 0.3) is 0 Å². The molecule has 0 aliphatic rings. The van der Waals surface area contributed by atoms with Crippen LogP contribution in [-0.4, -0.2) is 24.1 Å². The van der Waals surface area contributed by atoms with Crippen molar-refractivity contribution < 1.29 is 0 Å². The molecule has 0 aliphatic carbocycles. The van der Waals surface area contributed by atoms with Gasteiger partial charge >= 0.3 is 0 Å². The molecular formula is C13H15BrN4. The minimum atomic E-state index is 0.680. The molecule has 94 valence electrons. The lowest BCUT2D eigenvalue weighted by molar-refractivity contribution is 0.993. The van der Waals surface area contributed by atoms with Crippen LogP contribution in [0.25, 0.3) is 0 Å². The monoisotopic (exact) mass is 306 g/mol. The lowest BCUT2D eigenvalue weighted by atomic mass is 10.3. The van der Waals surface area contributed by atoms with Gasteiger partial charge in [0.05, 0.1) is 24.1 Å². The molecular weight excluding hydrogens is 292 g/mol. The van der Waals surface area contributed by atoms with Gasteiger partial charge in [-0.3, -0.25) is 4.98 Å². The zero-order chi connectivity index (χ0) is 13.0. The third kappa shape index (κ3) is 3.43. The summed E-state index contributed by atoms with van der Waals surface area (Å²) in [5.41, 5.74) is 1.97. The smallest absolute Gasteiger partial charge is 0.128 e. The summed E-state index contributed by atoms with van der Waals surface area (Å²) < 4.78 is 0.961. The van der Waals surface area contributed by atoms with Crippen LogP contribution in [0.4, 0.5) is 11.5 Å². The van der Waals surface area contributed by atoms with Gasteiger partial charge in [-0.2, -0.15) is 0 Å². The molecule has 2 aromatic rings. The molecule has 0 saturated heterocycles. The Kier molecular flexibility index (Phi) is 4.15. The van der Waals surface area contributed by atoms with E-state index in [4.69, 9.17) is 0 Å². The third-order valence-corrected chi connectivity index (χ3v) is 2.86. The van der Waals surface area contributed by atoms with Crippen molar-refractivity contribution in [1.82, 2.24) is 9.97 Å². The zero-order valence-electron chi connectivity index (χ0n) is 10.4. The van der Waals surface area contributed by atoms with Crippen molar-refractivity contribution in [2.45, 2.75) is 6.54 Å². The van der Waals surface area contributed by atoms with E-state index in [0.717, 1.165) is 21.7 Å². The second kappa shape index (κ2) is 5.82. The number of nitrogens with one attached hydrogen (secondary N) is 1. The molecule has 2 heterocycles. The van der Waals surface area contributed by atoms with Gasteiger partial charge in [0.2, 0.25) is 0 Å². The summed E-state index contributed by atoms with van der Waals surface area (Å²) in [6.07, 6.45) is 3.55. The van der Waals surface area contributed by atoms with Gasteiger partial charge in [0, 0.05) is 24.8 Å². The van der Waals surface area contributed by atoms with Crippen molar-refractivity contribution in [1.29, 1.82) is 0 Å². The van der Waals surface area contributed by atoms with Gasteiger partial charge in [-0.1, -0.05) is 6.07 Å². The predicted octanol–water partition coefficient (Wildman–Crippen LogP) is 2.92. The van der Waals surface area contributed by atoms with E-state index in [-0.39, 0.29) is 0 Å². The Balaban J connectivity index is 2.04. The summed E-state index contributed by atoms with van der Waals surface area (Å²) >= 11 is 3.39. The highest BCUT2D eigenvalue weighted by Gasteiger charge is 2.00. The maximum atomic E-state index is 4.54. The zero-order valence-corrected chi connectivity index (χ0v) is 12.0. The Labute approximate surface area is 115 Å². The number of halogens is 1. The quantitative estimate of drug-likeness (QED) is 0.943. The van der Waals surface area contributed by atoms with Gasteiger partial charge in [-0.15, -0.1) is 0 Å². The molecule has 0 amide bonds. The minimum Gasteiger partial charge on any atom is -0.378 e. The lowest BCUT2D eigenvalue weighted by Gasteiger charge is -2.12. The van der Waals surface area contributed by atoms with E-state index < -0.39 is 0 Å². The lowest BCUT2D eigenvalue weighted by Crippen LogP contribution is -2.12. The van der Waals surface area contributed by atoms with Gasteiger partial charge in [0.1, 0.15) is 5.82 Å². The van der Waals surface area contributed by atoms with Crippen molar-refractivity contribution >= 4 is 27.4 Å². The van der Waals surface area contributed by atoms with Crippen LogP contribution < -0.4 is 10.2 Å². The molecule has 0 unspecified atom stereocenters. The molecule has 2 rings (SSSR count). The Hall–Kier alpha value is -1.62. The van der Waals surface area contributed by atoms with Gasteiger partial charge in [-0.25, -0.2) is 4.98 Å². The van der Waals surface area contributed by atoms with Gasteiger partial charge < -0.3 is 10.2 Å². The number of hydrogen-bond donors (Lipinski definition) is 1. The number of hydrogen-bond acceptors (Lipinski definition) is 4. The number of rotatable bonds is 4. The van der Waals surface area contributed by atoms with Crippen LogP contribution in [0.1, 0.15) is 5.69 Å². The van der Waals surface area contributed by atoms with Crippen LogP contribution in [0.15, 0.2) is 41.1 Å². The Morgan fingerprint density at radius 1 is 1.28 bits per heavy atom. The average Bonchev–Trinajstić information content (AvgIpc) is 2.37. The van der Waals surface area contributed by atoms with E-state index in [9.17, 15) is 0 Å². The van der Waals surface area contributed by atoms with Crippen LogP contribution >= 0.6 is 15.9 Å². The number of nitrogens with zero attached hydrogens (tertiary/aromatic N) is 3. The minimum absolute atomic E-state index is 0.680. The van der Waals surface area contributed by atoms with E-state index in [1.165, 1.54) is 0 Å². The second-order valence-corrected chi connectivity index (χ2v) is 5.04. The fourth-order valence-corrected chi connectivity index (χ4v) is 1.88. The average molecular weight is 307 g/mol. The molecule has 1 N–H and O–H groups in total. The fourth-order valence-electron chi connectivity index (χ4n) is 1.52. The first-order valence-electron chi connectivity index (χ1n) is 5.63. The van der Waals surface area contributed by atoms with Crippen LogP contribution in [0.2, 0.25) is 0 Å². The molecule has 18 heavy (non-hydrogen) atoms. The predicted molar refractivity (Wildman–Crippen MR) is 77.8 cm³/mol. The summed E-state index contributed by atoms with van der Waals surface area (Å²) in [4.78, 5) is 10.6. The fraction of sp³-hybridized carbons (Fsp3) is 0.231. The van der Waals surface area contributed by atoms with E-state index in [1.54, 1.807) is 12.4 Å². The first kappa shape index (κ1) is 12.8. The first-order valence-corrected chi connectivity index (χ1v) is 6.42. The maximum absolute atomic E-state index is 4.54. The van der Waals surface area contributed by atoms with Crippen molar-refractivity contribution in [2.24, 2.45) is 0 Å². The molecule has 5 heteroatoms. The van der Waals surface area contributed by atoms with Crippen molar-refractivity contribution in [3.63, 3.8) is 0 Å². The standard InChI is InChI=1S/C13H15BrN4/c1-18(2)13-5-3-4-11(17-13)9-16-12-6-10(14)7-15-8-12/h3-8,16H,9H2,1-2H3. The van der Waals surface area contributed by atoms with E-state index in [1.807, 2.05) is 43.3 Å². The summed E-state index contributed by atoms with van der Waals surface area (Å²) in [5.74, 6) is 0.960. The molecule has 0 bridgehead atoms. The maximum Gasteiger partial charge on any atom is 0.128 e. The Morgan fingerprint density at radius 2 is 2.11 bits per heavy atom. The largest absolute Gasteiger partial charge is 0.378 e. The number of anilines is 2. The molecule has 2 aromatic heterocycles. The number of pyridine rings is 2. The first-order chi connectivity index (χ1) is 8.65. The second-order valence-electron chi connectivity index (χ2n) is 4.13. The van der Waals surface area contributed by atoms with Crippen LogP contribution in [0.3, 0.4) is 0 Å². The highest BCUT2D eigenvalue weighted by Crippen LogP contribution is 2.15. The van der Waals surface area contributed by atoms with Crippen molar-refractivity contribution in [3.05, 3.63) is 46.8 Å². The molecule has 0 fully saturated rings. The van der Waals surface area contributed by atoms with Crippen LogP contribution in [0, 0.1) is 0 Å². The SMILES string of the molecule is CN(C)c1cccc(CNc2cncc(Br)c2)n1. The third-order valence-electron chi connectivity index (χ3n) is 2.43. The number of aromatic nitrogens is 2. The highest BCUT2D eigenvalue weighted by atomic mass is 79.9. The van der Waals surface area contributed by atoms with Crippen molar-refractivity contribution in [3.8, 4) is 0 Å².